The fraction of sp³-hybridized carbons (Fsp3) is 0.0909. The predicted molar refractivity (Wildman–Crippen MR) is 55.5 cm³/mol. The molecule has 0 aliphatic carbocycles. The van der Waals surface area contributed by atoms with Gasteiger partial charge in [-0.3, -0.25) is 15.0 Å². The third-order valence-electron chi connectivity index (χ3n) is 1.70. The lowest BCUT2D eigenvalue weighted by Gasteiger charge is -2.00. The van der Waals surface area contributed by atoms with E-state index in [9.17, 15) is 4.79 Å². The molecule has 0 saturated carbocycles. The lowest BCUT2D eigenvalue weighted by molar-refractivity contribution is 0.0958. The molecule has 1 aromatic rings. The van der Waals surface area contributed by atoms with Gasteiger partial charge in [-0.1, -0.05) is 24.8 Å². The number of benzene rings is 1. The number of hydrogen-bond donors (Lipinski definition) is 1. The Labute approximate surface area is 82.9 Å². The molecular formula is C11H10N2O. The molecule has 0 atom stereocenters. The van der Waals surface area contributed by atoms with Crippen molar-refractivity contribution in [2.24, 2.45) is 0 Å². The lowest BCUT2D eigenvalue weighted by atomic mass is 10.1. The minimum absolute atomic E-state index is 0.0111. The summed E-state index contributed by atoms with van der Waals surface area (Å²) < 4.78 is 0. The van der Waals surface area contributed by atoms with E-state index in [1.165, 1.54) is 0 Å². The van der Waals surface area contributed by atoms with Crippen LogP contribution in [0.15, 0.2) is 30.8 Å². The van der Waals surface area contributed by atoms with Crippen molar-refractivity contribution in [1.29, 1.82) is 0 Å². The molecule has 1 amide bonds. The van der Waals surface area contributed by atoms with Crippen LogP contribution in [0.1, 0.15) is 15.9 Å². The first kappa shape index (κ1) is 10.0. The molecule has 0 fully saturated rings. The van der Waals surface area contributed by atoms with Crippen LogP contribution >= 0.6 is 0 Å². The van der Waals surface area contributed by atoms with E-state index in [4.69, 9.17) is 6.57 Å². The first-order chi connectivity index (χ1) is 6.77. The van der Waals surface area contributed by atoms with Crippen molar-refractivity contribution in [1.82, 2.24) is 5.32 Å². The monoisotopic (exact) mass is 186 g/mol. The zero-order chi connectivity index (χ0) is 10.4. The second-order valence-corrected chi connectivity index (χ2v) is 2.65. The zero-order valence-electron chi connectivity index (χ0n) is 7.66. The Morgan fingerprint density at radius 1 is 1.64 bits per heavy atom. The van der Waals surface area contributed by atoms with Crippen LogP contribution in [0.2, 0.25) is 0 Å². The summed E-state index contributed by atoms with van der Waals surface area (Å²) in [6.45, 7) is 10.2. The molecule has 0 spiro atoms. The van der Waals surface area contributed by atoms with Gasteiger partial charge in [0.25, 0.3) is 12.6 Å². The Hall–Kier alpha value is -2.08. The van der Waals surface area contributed by atoms with Crippen LogP contribution in [0.3, 0.4) is 0 Å². The highest BCUT2D eigenvalue weighted by Crippen LogP contribution is 2.05. The minimum atomic E-state index is -0.232. The molecule has 0 heterocycles. The summed E-state index contributed by atoms with van der Waals surface area (Å²) in [5.41, 5.74) is 1.44. The number of nitrogens with zero attached hydrogens (tertiary/aromatic N) is 1. The van der Waals surface area contributed by atoms with Gasteiger partial charge in [0.2, 0.25) is 0 Å². The Kier molecular flexibility index (Phi) is 3.45. The number of carbonyl (C=O) groups excluding carboxylic acids is 1. The van der Waals surface area contributed by atoms with Crippen molar-refractivity contribution in [3.05, 3.63) is 53.4 Å². The molecule has 0 aromatic heterocycles. The van der Waals surface area contributed by atoms with Crippen LogP contribution in [0.5, 0.6) is 0 Å². The van der Waals surface area contributed by atoms with Crippen molar-refractivity contribution in [2.45, 2.75) is 0 Å². The van der Waals surface area contributed by atoms with E-state index >= 15 is 0 Å². The molecule has 0 aliphatic rings. The summed E-state index contributed by atoms with van der Waals surface area (Å²) in [6.07, 6.45) is 1.67. The highest BCUT2D eigenvalue weighted by Gasteiger charge is 2.04. The number of carbonyl (C=O) groups is 1. The molecule has 3 heteroatoms. The van der Waals surface area contributed by atoms with Crippen molar-refractivity contribution in [2.75, 3.05) is 6.67 Å². The molecule has 70 valence electrons. The van der Waals surface area contributed by atoms with E-state index in [2.05, 4.69) is 16.7 Å². The second-order valence-electron chi connectivity index (χ2n) is 2.65. The van der Waals surface area contributed by atoms with Crippen LogP contribution in [0, 0.1) is 6.57 Å². The molecule has 3 nitrogen and oxygen atoms in total. The molecule has 1 N–H and O–H groups in total. The maximum Gasteiger partial charge on any atom is 0.289 e. The average molecular weight is 186 g/mol. The largest absolute Gasteiger partial charge is 0.293 e. The molecule has 0 aliphatic heterocycles. The second kappa shape index (κ2) is 4.83. The Bertz CT molecular complexity index is 391. The highest BCUT2D eigenvalue weighted by molar-refractivity contribution is 5.94. The summed E-state index contributed by atoms with van der Waals surface area (Å²) >= 11 is 0. The first-order valence-corrected chi connectivity index (χ1v) is 4.12. The van der Waals surface area contributed by atoms with Gasteiger partial charge in [-0.15, -0.1) is 0 Å². The van der Waals surface area contributed by atoms with Gasteiger partial charge >= 0.3 is 0 Å². The summed E-state index contributed by atoms with van der Waals surface area (Å²) in [5, 5.41) is 2.47. The van der Waals surface area contributed by atoms with E-state index in [1.807, 2.05) is 6.07 Å². The maximum atomic E-state index is 11.4. The van der Waals surface area contributed by atoms with Crippen LogP contribution in [-0.4, -0.2) is 12.6 Å². The Morgan fingerprint density at radius 3 is 3.07 bits per heavy atom. The SMILES string of the molecule is [C-]#[N+]CNC(=O)c1cccc(C=C)c1. The normalized spacial score (nSPS) is 8.79. The smallest absolute Gasteiger partial charge is 0.289 e. The fourth-order valence-corrected chi connectivity index (χ4v) is 1.02. The average Bonchev–Trinajstić information content (AvgIpc) is 2.26. The third kappa shape index (κ3) is 2.46. The Morgan fingerprint density at radius 2 is 2.43 bits per heavy atom. The number of nitrogens with one attached hydrogen (secondary N) is 1. The first-order valence-electron chi connectivity index (χ1n) is 4.12. The van der Waals surface area contributed by atoms with Crippen LogP contribution in [0.25, 0.3) is 10.9 Å². The van der Waals surface area contributed by atoms with Gasteiger partial charge in [-0.05, 0) is 17.7 Å². The maximum absolute atomic E-state index is 11.4. The summed E-state index contributed by atoms with van der Waals surface area (Å²) in [6, 6.07) is 7.07. The molecule has 0 unspecified atom stereocenters. The van der Waals surface area contributed by atoms with Crippen LogP contribution in [-0.2, 0) is 0 Å². The number of amides is 1. The summed E-state index contributed by atoms with van der Waals surface area (Å²) in [4.78, 5) is 14.4. The molecule has 1 aromatic carbocycles. The standard InChI is InChI=1S/C11H10N2O/c1-3-9-5-4-6-10(7-9)11(14)13-8-12-2/h3-7H,1,8H2,(H,13,14). The molecule has 0 radical (unpaired) electrons. The molecule has 1 rings (SSSR count). The fourth-order valence-electron chi connectivity index (χ4n) is 1.02. The van der Waals surface area contributed by atoms with E-state index in [1.54, 1.807) is 24.3 Å². The molecule has 0 saturated heterocycles. The molecule has 14 heavy (non-hydrogen) atoms. The predicted octanol–water partition coefficient (Wildman–Crippen LogP) is 1.94. The number of rotatable bonds is 3. The van der Waals surface area contributed by atoms with E-state index in [-0.39, 0.29) is 12.6 Å². The topological polar surface area (TPSA) is 33.5 Å². The van der Waals surface area contributed by atoms with Crippen molar-refractivity contribution >= 4 is 12.0 Å². The van der Waals surface area contributed by atoms with Gasteiger partial charge in [0.05, 0.1) is 0 Å². The lowest BCUT2D eigenvalue weighted by Crippen LogP contribution is -2.22. The summed E-state index contributed by atoms with van der Waals surface area (Å²) in [7, 11) is 0. The van der Waals surface area contributed by atoms with Crippen LogP contribution in [0.4, 0.5) is 0 Å². The number of hydrogen-bond acceptors (Lipinski definition) is 1. The van der Waals surface area contributed by atoms with Gasteiger partial charge in [-0.2, -0.15) is 0 Å². The van der Waals surface area contributed by atoms with E-state index in [0.717, 1.165) is 5.56 Å². The van der Waals surface area contributed by atoms with Gasteiger partial charge < -0.3 is 0 Å². The van der Waals surface area contributed by atoms with Gasteiger partial charge in [0.1, 0.15) is 0 Å². The van der Waals surface area contributed by atoms with Gasteiger partial charge in [-0.25, -0.2) is 6.57 Å². The van der Waals surface area contributed by atoms with Gasteiger partial charge in [0.15, 0.2) is 0 Å². The molecular weight excluding hydrogens is 176 g/mol. The summed E-state index contributed by atoms with van der Waals surface area (Å²) in [5.74, 6) is -0.232. The van der Waals surface area contributed by atoms with Crippen molar-refractivity contribution in [3.63, 3.8) is 0 Å². The van der Waals surface area contributed by atoms with E-state index in [0.29, 0.717) is 5.56 Å². The van der Waals surface area contributed by atoms with Crippen molar-refractivity contribution < 1.29 is 4.79 Å². The van der Waals surface area contributed by atoms with Crippen LogP contribution < -0.4 is 5.32 Å². The Balaban J connectivity index is 2.80. The van der Waals surface area contributed by atoms with Crippen molar-refractivity contribution in [3.8, 4) is 0 Å². The minimum Gasteiger partial charge on any atom is -0.293 e. The highest BCUT2D eigenvalue weighted by atomic mass is 16.1. The molecule has 0 bridgehead atoms. The quantitative estimate of drug-likeness (QED) is 0.719. The van der Waals surface area contributed by atoms with Gasteiger partial charge in [0, 0.05) is 5.56 Å². The third-order valence-corrected chi connectivity index (χ3v) is 1.70. The zero-order valence-corrected chi connectivity index (χ0v) is 7.66. The van der Waals surface area contributed by atoms with E-state index < -0.39 is 0 Å².